The maximum absolute atomic E-state index is 12.6. The minimum atomic E-state index is -0.817. The zero-order chi connectivity index (χ0) is 19.8. The monoisotopic (exact) mass is 409 g/mol. The Balaban J connectivity index is 1.99. The average Bonchev–Trinajstić information content (AvgIpc) is 2.87. The second kappa shape index (κ2) is 7.50. The number of hydrogen-bond donors (Lipinski definition) is 2. The predicted molar refractivity (Wildman–Crippen MR) is 108 cm³/mol. The largest absolute Gasteiger partial charge is 0.390 e. The van der Waals surface area contributed by atoms with Gasteiger partial charge in [-0.15, -0.1) is 0 Å². The number of anilines is 2. The van der Waals surface area contributed by atoms with Gasteiger partial charge < -0.3 is 10.4 Å². The van der Waals surface area contributed by atoms with E-state index in [2.05, 4.69) is 15.3 Å². The van der Waals surface area contributed by atoms with Gasteiger partial charge in [0.05, 0.1) is 22.8 Å². The molecule has 1 unspecified atom stereocenters. The number of hydrogen-bond acceptors (Lipinski definition) is 5. The predicted octanol–water partition coefficient (Wildman–Crippen LogP) is 3.73. The lowest BCUT2D eigenvalue weighted by atomic mass is 9.99. The molecule has 0 aliphatic rings. The summed E-state index contributed by atoms with van der Waals surface area (Å²) in [4.78, 5) is 20.5. The van der Waals surface area contributed by atoms with E-state index < -0.39 is 5.60 Å². The van der Waals surface area contributed by atoms with Crippen LogP contribution in [0, 0.1) is 0 Å². The SMILES string of the molecule is CCC(C)(O)CCn1c(=O)n(C)c2ccc(Nc3nc(Cl)ncc3Cl)cc21. The van der Waals surface area contributed by atoms with Gasteiger partial charge in [0.15, 0.2) is 5.82 Å². The molecule has 2 N–H and O–H groups in total. The summed E-state index contributed by atoms with van der Waals surface area (Å²) >= 11 is 11.9. The second-order valence-corrected chi connectivity index (χ2v) is 7.50. The first-order valence-electron chi connectivity index (χ1n) is 8.58. The smallest absolute Gasteiger partial charge is 0.328 e. The molecule has 0 amide bonds. The van der Waals surface area contributed by atoms with E-state index in [1.54, 1.807) is 23.1 Å². The molecule has 0 bridgehead atoms. The molecule has 0 fully saturated rings. The van der Waals surface area contributed by atoms with Gasteiger partial charge in [-0.3, -0.25) is 9.13 Å². The molecule has 3 rings (SSSR count). The molecular formula is C18H21Cl2N5O2. The summed E-state index contributed by atoms with van der Waals surface area (Å²) in [6.07, 6.45) is 2.52. The van der Waals surface area contributed by atoms with Crippen LogP contribution in [-0.4, -0.2) is 29.8 Å². The van der Waals surface area contributed by atoms with E-state index >= 15 is 0 Å². The first-order chi connectivity index (χ1) is 12.7. The van der Waals surface area contributed by atoms with Crippen molar-refractivity contribution in [1.82, 2.24) is 19.1 Å². The number of nitrogens with zero attached hydrogens (tertiary/aromatic N) is 4. The zero-order valence-corrected chi connectivity index (χ0v) is 16.8. The highest BCUT2D eigenvalue weighted by molar-refractivity contribution is 6.33. The van der Waals surface area contributed by atoms with Gasteiger partial charge in [0.2, 0.25) is 5.28 Å². The summed E-state index contributed by atoms with van der Waals surface area (Å²) in [5, 5.41) is 13.8. The third-order valence-electron chi connectivity index (χ3n) is 4.76. The Bertz CT molecular complexity index is 1040. The van der Waals surface area contributed by atoms with Crippen LogP contribution in [0.4, 0.5) is 11.5 Å². The summed E-state index contributed by atoms with van der Waals surface area (Å²) in [5.74, 6) is 0.384. The molecule has 0 aliphatic heterocycles. The Hall–Kier alpha value is -2.09. The minimum Gasteiger partial charge on any atom is -0.390 e. The molecule has 3 aromatic rings. The van der Waals surface area contributed by atoms with Crippen molar-refractivity contribution < 1.29 is 5.11 Å². The van der Waals surface area contributed by atoms with Gasteiger partial charge in [-0.1, -0.05) is 18.5 Å². The van der Waals surface area contributed by atoms with Crippen molar-refractivity contribution in [2.75, 3.05) is 5.32 Å². The maximum Gasteiger partial charge on any atom is 0.328 e. The van der Waals surface area contributed by atoms with E-state index in [4.69, 9.17) is 23.2 Å². The molecule has 0 saturated carbocycles. The Kier molecular flexibility index (Phi) is 5.46. The molecule has 0 saturated heterocycles. The van der Waals surface area contributed by atoms with Crippen molar-refractivity contribution in [3.05, 3.63) is 45.2 Å². The van der Waals surface area contributed by atoms with Gasteiger partial charge >= 0.3 is 5.69 Å². The lowest BCUT2D eigenvalue weighted by Crippen LogP contribution is -2.29. The highest BCUT2D eigenvalue weighted by atomic mass is 35.5. The summed E-state index contributed by atoms with van der Waals surface area (Å²) < 4.78 is 3.26. The number of nitrogens with one attached hydrogen (secondary N) is 1. The maximum atomic E-state index is 12.6. The van der Waals surface area contributed by atoms with Crippen molar-refractivity contribution in [2.24, 2.45) is 7.05 Å². The fourth-order valence-electron chi connectivity index (χ4n) is 2.80. The molecule has 27 heavy (non-hydrogen) atoms. The van der Waals surface area contributed by atoms with E-state index in [1.807, 2.05) is 25.1 Å². The molecule has 1 aromatic carbocycles. The fourth-order valence-corrected chi connectivity index (χ4v) is 3.08. The van der Waals surface area contributed by atoms with Gasteiger partial charge in [0, 0.05) is 19.3 Å². The molecule has 144 valence electrons. The topological polar surface area (TPSA) is 85.0 Å². The van der Waals surface area contributed by atoms with Crippen LogP contribution in [0.25, 0.3) is 11.0 Å². The highest BCUT2D eigenvalue weighted by Gasteiger charge is 2.19. The van der Waals surface area contributed by atoms with Crippen LogP contribution in [0.5, 0.6) is 0 Å². The first kappa shape index (κ1) is 19.7. The second-order valence-electron chi connectivity index (χ2n) is 6.76. The summed E-state index contributed by atoms with van der Waals surface area (Å²) in [6, 6.07) is 5.54. The standard InChI is InChI=1S/C18H21Cl2N5O2/c1-4-18(2,27)7-8-25-14-9-11(5-6-13(14)24(3)17(25)26)22-15-12(19)10-21-16(20)23-15/h5-6,9-10,27H,4,7-8H2,1-3H3,(H,21,22,23). The lowest BCUT2D eigenvalue weighted by molar-refractivity contribution is 0.0426. The number of imidazole rings is 1. The Morgan fingerprint density at radius 1 is 1.30 bits per heavy atom. The number of benzene rings is 1. The van der Waals surface area contributed by atoms with E-state index in [0.29, 0.717) is 35.9 Å². The lowest BCUT2D eigenvalue weighted by Gasteiger charge is -2.21. The van der Waals surface area contributed by atoms with Gasteiger partial charge in [-0.2, -0.15) is 4.98 Å². The van der Waals surface area contributed by atoms with Crippen LogP contribution in [-0.2, 0) is 13.6 Å². The number of aromatic nitrogens is 4. The molecular weight excluding hydrogens is 389 g/mol. The number of rotatable bonds is 6. The number of aryl methyl sites for hydroxylation is 2. The summed E-state index contributed by atoms with van der Waals surface area (Å²) in [7, 11) is 1.73. The quantitative estimate of drug-likeness (QED) is 0.605. The van der Waals surface area contributed by atoms with Gasteiger partial charge in [0.25, 0.3) is 0 Å². The van der Waals surface area contributed by atoms with E-state index in [9.17, 15) is 9.90 Å². The van der Waals surface area contributed by atoms with Crippen LogP contribution in [0.1, 0.15) is 26.7 Å². The molecule has 9 heteroatoms. The molecule has 2 aromatic heterocycles. The first-order valence-corrected chi connectivity index (χ1v) is 9.34. The molecule has 0 radical (unpaired) electrons. The van der Waals surface area contributed by atoms with Crippen molar-refractivity contribution in [3.63, 3.8) is 0 Å². The third-order valence-corrected chi connectivity index (χ3v) is 5.22. The summed E-state index contributed by atoms with van der Waals surface area (Å²) in [6.45, 7) is 4.11. The normalized spacial score (nSPS) is 13.7. The van der Waals surface area contributed by atoms with Crippen LogP contribution in [0.3, 0.4) is 0 Å². The van der Waals surface area contributed by atoms with Crippen LogP contribution < -0.4 is 11.0 Å². The van der Waals surface area contributed by atoms with Gasteiger partial charge in [0.1, 0.15) is 5.02 Å². The molecule has 1 atom stereocenters. The third kappa shape index (κ3) is 4.10. The molecule has 0 spiro atoms. The molecule has 2 heterocycles. The highest BCUT2D eigenvalue weighted by Crippen LogP contribution is 2.26. The van der Waals surface area contributed by atoms with Crippen molar-refractivity contribution in [1.29, 1.82) is 0 Å². The van der Waals surface area contributed by atoms with Crippen LogP contribution >= 0.6 is 23.2 Å². The number of fused-ring (bicyclic) bond motifs is 1. The van der Waals surface area contributed by atoms with E-state index in [1.165, 1.54) is 6.20 Å². The summed E-state index contributed by atoms with van der Waals surface area (Å²) in [5.41, 5.74) is 1.32. The van der Waals surface area contributed by atoms with Gasteiger partial charge in [-0.25, -0.2) is 9.78 Å². The van der Waals surface area contributed by atoms with Crippen LogP contribution in [0.15, 0.2) is 29.2 Å². The zero-order valence-electron chi connectivity index (χ0n) is 15.3. The Morgan fingerprint density at radius 2 is 2.04 bits per heavy atom. The van der Waals surface area contributed by atoms with Crippen molar-refractivity contribution >= 4 is 45.7 Å². The number of aliphatic hydroxyl groups is 1. The van der Waals surface area contributed by atoms with E-state index in [-0.39, 0.29) is 11.0 Å². The van der Waals surface area contributed by atoms with Crippen molar-refractivity contribution in [2.45, 2.75) is 38.8 Å². The molecule has 7 nitrogen and oxygen atoms in total. The Morgan fingerprint density at radius 3 is 2.74 bits per heavy atom. The van der Waals surface area contributed by atoms with Crippen molar-refractivity contribution in [3.8, 4) is 0 Å². The van der Waals surface area contributed by atoms with Crippen LogP contribution in [0.2, 0.25) is 10.3 Å². The Labute approximate surface area is 166 Å². The fraction of sp³-hybridized carbons (Fsp3) is 0.389. The average molecular weight is 410 g/mol. The van der Waals surface area contributed by atoms with E-state index in [0.717, 1.165) is 11.0 Å². The van der Waals surface area contributed by atoms with Gasteiger partial charge in [-0.05, 0) is 49.6 Å². The molecule has 0 aliphatic carbocycles. The number of halogens is 2. The minimum absolute atomic E-state index is 0.0846.